The van der Waals surface area contributed by atoms with Crippen LogP contribution >= 0.6 is 0 Å². The van der Waals surface area contributed by atoms with Crippen LogP contribution in [0.2, 0.25) is 0 Å². The van der Waals surface area contributed by atoms with Gasteiger partial charge >= 0.3 is 0 Å². The van der Waals surface area contributed by atoms with E-state index in [-0.39, 0.29) is 6.04 Å². The summed E-state index contributed by atoms with van der Waals surface area (Å²) in [4.78, 5) is 7.09. The van der Waals surface area contributed by atoms with E-state index in [0.29, 0.717) is 19.3 Å². The highest BCUT2D eigenvalue weighted by molar-refractivity contribution is 5.09. The molecule has 4 rings (SSSR count). The third-order valence-electron chi connectivity index (χ3n) is 5.12. The number of aryl methyl sites for hydroxylation is 1. The topological polar surface area (TPSA) is 52.4 Å². The summed E-state index contributed by atoms with van der Waals surface area (Å²) < 4.78 is 13.7. The van der Waals surface area contributed by atoms with Crippen LogP contribution in [0.1, 0.15) is 36.0 Å². The molecule has 0 N–H and O–H groups in total. The third-order valence-corrected chi connectivity index (χ3v) is 5.12. The Morgan fingerprint density at radius 2 is 2.12 bits per heavy atom. The minimum Gasteiger partial charge on any atom is -0.381 e. The molecule has 6 heteroatoms. The van der Waals surface area contributed by atoms with Crippen molar-refractivity contribution in [2.24, 2.45) is 0 Å². The van der Waals surface area contributed by atoms with Crippen molar-refractivity contribution in [2.45, 2.75) is 45.0 Å². The second-order valence-corrected chi connectivity index (χ2v) is 6.98. The van der Waals surface area contributed by atoms with Crippen molar-refractivity contribution in [1.82, 2.24) is 19.7 Å². The molecule has 0 radical (unpaired) electrons. The van der Waals surface area contributed by atoms with E-state index in [4.69, 9.17) is 9.47 Å². The molecule has 2 aliphatic heterocycles. The molecule has 0 bridgehead atoms. The van der Waals surface area contributed by atoms with E-state index in [0.717, 1.165) is 50.5 Å². The highest BCUT2D eigenvalue weighted by Gasteiger charge is 2.30. The minimum absolute atomic E-state index is 0.256. The maximum atomic E-state index is 6.00. The largest absolute Gasteiger partial charge is 0.381 e. The van der Waals surface area contributed by atoms with Crippen molar-refractivity contribution in [2.75, 3.05) is 26.4 Å². The average Bonchev–Trinajstić information content (AvgIpc) is 3.11. The zero-order chi connectivity index (χ0) is 17.1. The number of nitrogens with zero attached hydrogens (tertiary/aromatic N) is 4. The maximum absolute atomic E-state index is 6.00. The third kappa shape index (κ3) is 3.92. The van der Waals surface area contributed by atoms with Crippen LogP contribution in [0.25, 0.3) is 0 Å². The Morgan fingerprint density at radius 3 is 2.96 bits per heavy atom. The van der Waals surface area contributed by atoms with Gasteiger partial charge in [0, 0.05) is 44.2 Å². The highest BCUT2D eigenvalue weighted by atomic mass is 16.5. The minimum atomic E-state index is 0.256. The predicted octanol–water partition coefficient (Wildman–Crippen LogP) is 2.34. The lowest BCUT2D eigenvalue weighted by Gasteiger charge is -2.40. The van der Waals surface area contributed by atoms with Crippen LogP contribution in [0.5, 0.6) is 0 Å². The van der Waals surface area contributed by atoms with Crippen LogP contribution < -0.4 is 0 Å². The molecule has 0 aromatic carbocycles. The van der Waals surface area contributed by atoms with Crippen molar-refractivity contribution in [1.29, 1.82) is 0 Å². The first kappa shape index (κ1) is 16.7. The number of rotatable bonds is 5. The second kappa shape index (κ2) is 7.64. The normalized spacial score (nSPS) is 22.0. The van der Waals surface area contributed by atoms with E-state index in [9.17, 15) is 0 Å². The van der Waals surface area contributed by atoms with Crippen molar-refractivity contribution in [3.05, 3.63) is 47.5 Å². The number of pyridine rings is 1. The number of fused-ring (bicyclic) bond motifs is 1. The lowest BCUT2D eigenvalue weighted by atomic mass is 10.0. The van der Waals surface area contributed by atoms with Crippen molar-refractivity contribution >= 4 is 0 Å². The Morgan fingerprint density at radius 1 is 1.24 bits per heavy atom. The van der Waals surface area contributed by atoms with Gasteiger partial charge in [0.1, 0.15) is 0 Å². The van der Waals surface area contributed by atoms with Gasteiger partial charge in [0.2, 0.25) is 0 Å². The van der Waals surface area contributed by atoms with Crippen LogP contribution in [-0.4, -0.2) is 52.1 Å². The van der Waals surface area contributed by atoms with Gasteiger partial charge in [-0.05, 0) is 38.0 Å². The van der Waals surface area contributed by atoms with Crippen molar-refractivity contribution < 1.29 is 9.47 Å². The van der Waals surface area contributed by atoms with Crippen LogP contribution in [0, 0.1) is 6.92 Å². The fourth-order valence-electron chi connectivity index (χ4n) is 3.85. The van der Waals surface area contributed by atoms with Crippen LogP contribution in [-0.2, 0) is 22.6 Å². The number of aromatic nitrogens is 3. The molecule has 0 spiro atoms. The Kier molecular flexibility index (Phi) is 5.10. The van der Waals surface area contributed by atoms with Gasteiger partial charge in [-0.15, -0.1) is 0 Å². The second-order valence-electron chi connectivity index (χ2n) is 6.98. The Labute approximate surface area is 148 Å². The Hall–Kier alpha value is -1.76. The molecular formula is C19H26N4O2. The molecule has 2 aromatic heterocycles. The fraction of sp³-hybridized carbons (Fsp3) is 0.579. The quantitative estimate of drug-likeness (QED) is 0.835. The molecule has 4 heterocycles. The summed E-state index contributed by atoms with van der Waals surface area (Å²) in [6, 6.07) is 9.04. The van der Waals surface area contributed by atoms with E-state index in [2.05, 4.69) is 25.7 Å². The molecule has 2 aliphatic rings. The maximum Gasteiger partial charge on any atom is 0.0889 e. The van der Waals surface area contributed by atoms with E-state index >= 15 is 0 Å². The summed E-state index contributed by atoms with van der Waals surface area (Å²) in [6.45, 7) is 6.92. The molecule has 25 heavy (non-hydrogen) atoms. The standard InChI is InChI=1S/C19H26N4O2/c1-15-3-2-4-16(21-15)13-25-14-19-12-22(17-6-9-24-10-7-17)11-18-5-8-20-23(18)19/h2-5,8,17,19H,6-7,9-14H2,1H3/t19-/m1/s1. The Balaban J connectivity index is 1.39. The molecule has 1 saturated heterocycles. The molecule has 0 amide bonds. The molecule has 1 fully saturated rings. The van der Waals surface area contributed by atoms with Gasteiger partial charge in [-0.25, -0.2) is 0 Å². The van der Waals surface area contributed by atoms with Gasteiger partial charge in [-0.1, -0.05) is 6.07 Å². The van der Waals surface area contributed by atoms with Gasteiger partial charge in [0.25, 0.3) is 0 Å². The van der Waals surface area contributed by atoms with Crippen molar-refractivity contribution in [3.8, 4) is 0 Å². The first-order valence-corrected chi connectivity index (χ1v) is 9.14. The van der Waals surface area contributed by atoms with Gasteiger partial charge in [0.15, 0.2) is 0 Å². The predicted molar refractivity (Wildman–Crippen MR) is 94.1 cm³/mol. The number of hydrogen-bond acceptors (Lipinski definition) is 5. The lowest BCUT2D eigenvalue weighted by molar-refractivity contribution is 0.0000517. The monoisotopic (exact) mass is 342 g/mol. The molecule has 1 atom stereocenters. The smallest absolute Gasteiger partial charge is 0.0889 e. The summed E-state index contributed by atoms with van der Waals surface area (Å²) in [5, 5.41) is 4.53. The van der Waals surface area contributed by atoms with E-state index in [1.54, 1.807) is 0 Å². The molecular weight excluding hydrogens is 316 g/mol. The molecule has 134 valence electrons. The lowest BCUT2D eigenvalue weighted by Crippen LogP contribution is -2.46. The summed E-state index contributed by atoms with van der Waals surface area (Å²) in [5.41, 5.74) is 3.29. The molecule has 0 unspecified atom stereocenters. The molecule has 2 aromatic rings. The summed E-state index contributed by atoms with van der Waals surface area (Å²) in [6.07, 6.45) is 4.14. The average molecular weight is 342 g/mol. The number of ether oxygens (including phenoxy) is 2. The fourth-order valence-corrected chi connectivity index (χ4v) is 3.85. The zero-order valence-electron chi connectivity index (χ0n) is 14.8. The molecule has 0 saturated carbocycles. The van der Waals surface area contributed by atoms with Gasteiger partial charge in [-0.2, -0.15) is 5.10 Å². The first-order valence-electron chi connectivity index (χ1n) is 9.14. The van der Waals surface area contributed by atoms with E-state index in [1.807, 2.05) is 31.3 Å². The first-order chi connectivity index (χ1) is 12.3. The zero-order valence-corrected chi connectivity index (χ0v) is 14.8. The summed E-state index contributed by atoms with van der Waals surface area (Å²) >= 11 is 0. The van der Waals surface area contributed by atoms with Crippen LogP contribution in [0.3, 0.4) is 0 Å². The SMILES string of the molecule is Cc1cccc(COC[C@H]2CN(C3CCOCC3)Cc3ccnn32)n1. The van der Waals surface area contributed by atoms with E-state index in [1.165, 1.54) is 5.69 Å². The highest BCUT2D eigenvalue weighted by Crippen LogP contribution is 2.26. The van der Waals surface area contributed by atoms with Crippen LogP contribution in [0.4, 0.5) is 0 Å². The van der Waals surface area contributed by atoms with Gasteiger partial charge in [0.05, 0.1) is 30.6 Å². The van der Waals surface area contributed by atoms with Crippen LogP contribution in [0.15, 0.2) is 30.5 Å². The Bertz CT molecular complexity index is 696. The van der Waals surface area contributed by atoms with Crippen molar-refractivity contribution in [3.63, 3.8) is 0 Å². The summed E-state index contributed by atoms with van der Waals surface area (Å²) in [5.74, 6) is 0. The molecule has 0 aliphatic carbocycles. The summed E-state index contributed by atoms with van der Waals surface area (Å²) in [7, 11) is 0. The van der Waals surface area contributed by atoms with Gasteiger partial charge < -0.3 is 9.47 Å². The molecule has 6 nitrogen and oxygen atoms in total. The van der Waals surface area contributed by atoms with E-state index < -0.39 is 0 Å². The van der Waals surface area contributed by atoms with Gasteiger partial charge in [-0.3, -0.25) is 14.6 Å². The number of hydrogen-bond donors (Lipinski definition) is 0.